The Morgan fingerprint density at radius 3 is 2.52 bits per heavy atom. The molecule has 1 aromatic rings. The summed E-state index contributed by atoms with van der Waals surface area (Å²) in [4.78, 5) is 26.2. The number of benzene rings is 1. The van der Waals surface area contributed by atoms with Crippen molar-refractivity contribution in [1.82, 2.24) is 4.90 Å². The van der Waals surface area contributed by atoms with E-state index >= 15 is 0 Å². The molecule has 0 saturated carbocycles. The topological polar surface area (TPSA) is 69.6 Å². The number of aliphatic hydroxyl groups is 1. The van der Waals surface area contributed by atoms with Gasteiger partial charge in [0.1, 0.15) is 5.82 Å². The Morgan fingerprint density at radius 1 is 1.30 bits per heavy atom. The highest BCUT2D eigenvalue weighted by atomic mass is 19.1. The van der Waals surface area contributed by atoms with E-state index in [0.717, 1.165) is 12.8 Å². The van der Waals surface area contributed by atoms with E-state index in [9.17, 15) is 19.1 Å². The third-order valence-corrected chi connectivity index (χ3v) is 4.83. The van der Waals surface area contributed by atoms with Crippen LogP contribution in [0.1, 0.15) is 38.2 Å². The van der Waals surface area contributed by atoms with Gasteiger partial charge in [-0.1, -0.05) is 13.0 Å². The number of piperidine rings is 1. The quantitative estimate of drug-likeness (QED) is 0.817. The van der Waals surface area contributed by atoms with Crippen LogP contribution in [0.3, 0.4) is 0 Å². The second kappa shape index (κ2) is 6.28. The largest absolute Gasteiger partial charge is 0.393 e. The van der Waals surface area contributed by atoms with Crippen molar-refractivity contribution in [2.45, 2.75) is 57.2 Å². The van der Waals surface area contributed by atoms with Gasteiger partial charge in [-0.3, -0.25) is 9.59 Å². The molecule has 0 radical (unpaired) electrons. The first kappa shape index (κ1) is 15.9. The molecule has 5 nitrogen and oxygen atoms in total. The molecule has 2 bridgehead atoms. The van der Waals surface area contributed by atoms with Crippen LogP contribution < -0.4 is 5.32 Å². The summed E-state index contributed by atoms with van der Waals surface area (Å²) < 4.78 is 13.8. The molecule has 2 heterocycles. The number of nitrogens with zero attached hydrogens (tertiary/aromatic N) is 1. The van der Waals surface area contributed by atoms with E-state index in [-0.39, 0.29) is 23.6 Å². The third-order valence-electron chi connectivity index (χ3n) is 4.83. The first-order valence-electron chi connectivity index (χ1n) is 8.09. The highest BCUT2D eigenvalue weighted by Crippen LogP contribution is 2.35. The molecule has 2 fully saturated rings. The second-order valence-corrected chi connectivity index (χ2v) is 6.34. The Balaban J connectivity index is 1.69. The van der Waals surface area contributed by atoms with Crippen LogP contribution in [-0.2, 0) is 16.0 Å². The van der Waals surface area contributed by atoms with Gasteiger partial charge in [-0.25, -0.2) is 4.39 Å². The zero-order valence-electron chi connectivity index (χ0n) is 13.1. The van der Waals surface area contributed by atoms with Gasteiger partial charge in [0.25, 0.3) is 0 Å². The standard InChI is InChI=1S/C17H21FN2O3/c1-2-10-3-4-11(7-15(10)18)19-16(22)17(23)20-12-5-6-13(20)9-14(21)8-12/h3-4,7,12-14,21H,2,5-6,8-9H2,1H3,(H,19,22). The number of hydrogen-bond acceptors (Lipinski definition) is 3. The summed E-state index contributed by atoms with van der Waals surface area (Å²) in [6.07, 6.45) is 2.86. The smallest absolute Gasteiger partial charge is 0.313 e. The highest BCUT2D eigenvalue weighted by Gasteiger charge is 2.44. The number of anilines is 1. The Kier molecular flexibility index (Phi) is 4.35. The summed E-state index contributed by atoms with van der Waals surface area (Å²) in [7, 11) is 0. The van der Waals surface area contributed by atoms with Crippen molar-refractivity contribution < 1.29 is 19.1 Å². The molecule has 2 atom stereocenters. The maximum Gasteiger partial charge on any atom is 0.313 e. The second-order valence-electron chi connectivity index (χ2n) is 6.34. The van der Waals surface area contributed by atoms with E-state index < -0.39 is 17.9 Å². The molecular weight excluding hydrogens is 299 g/mol. The summed E-state index contributed by atoms with van der Waals surface area (Å²) in [5, 5.41) is 12.2. The van der Waals surface area contributed by atoms with E-state index in [1.165, 1.54) is 6.07 Å². The van der Waals surface area contributed by atoms with Crippen LogP contribution in [0.25, 0.3) is 0 Å². The van der Waals surface area contributed by atoms with Gasteiger partial charge in [0.2, 0.25) is 0 Å². The molecule has 2 saturated heterocycles. The van der Waals surface area contributed by atoms with Crippen molar-refractivity contribution in [3.8, 4) is 0 Å². The normalized spacial score (nSPS) is 26.2. The maximum atomic E-state index is 13.8. The fraction of sp³-hybridized carbons (Fsp3) is 0.529. The monoisotopic (exact) mass is 320 g/mol. The fourth-order valence-corrected chi connectivity index (χ4v) is 3.69. The average molecular weight is 320 g/mol. The van der Waals surface area contributed by atoms with Crippen molar-refractivity contribution in [1.29, 1.82) is 0 Å². The molecule has 0 aliphatic carbocycles. The van der Waals surface area contributed by atoms with Gasteiger partial charge in [-0.15, -0.1) is 0 Å². The molecule has 23 heavy (non-hydrogen) atoms. The van der Waals surface area contributed by atoms with Crippen LogP contribution in [-0.4, -0.2) is 40.0 Å². The van der Waals surface area contributed by atoms with Crippen LogP contribution in [0.15, 0.2) is 18.2 Å². The number of nitrogens with one attached hydrogen (secondary N) is 1. The molecule has 2 aliphatic rings. The van der Waals surface area contributed by atoms with Gasteiger partial charge in [0.15, 0.2) is 0 Å². The zero-order valence-corrected chi connectivity index (χ0v) is 13.1. The van der Waals surface area contributed by atoms with E-state index in [2.05, 4.69) is 5.32 Å². The van der Waals surface area contributed by atoms with Gasteiger partial charge in [0, 0.05) is 17.8 Å². The van der Waals surface area contributed by atoms with Crippen LogP contribution in [0.5, 0.6) is 0 Å². The first-order chi connectivity index (χ1) is 11.0. The summed E-state index contributed by atoms with van der Waals surface area (Å²) in [5.41, 5.74) is 0.847. The molecule has 2 unspecified atom stereocenters. The average Bonchev–Trinajstić information content (AvgIpc) is 2.78. The minimum absolute atomic E-state index is 0.0683. The SMILES string of the molecule is CCc1ccc(NC(=O)C(=O)N2C3CCC2CC(O)C3)cc1F. The lowest BCUT2D eigenvalue weighted by atomic mass is 10.00. The van der Waals surface area contributed by atoms with Gasteiger partial charge < -0.3 is 15.3 Å². The van der Waals surface area contributed by atoms with Crippen molar-refractivity contribution in [2.75, 3.05) is 5.32 Å². The zero-order chi connectivity index (χ0) is 16.6. The van der Waals surface area contributed by atoms with Crippen molar-refractivity contribution in [3.63, 3.8) is 0 Å². The number of aliphatic hydroxyl groups excluding tert-OH is 1. The fourth-order valence-electron chi connectivity index (χ4n) is 3.69. The number of aryl methyl sites for hydroxylation is 1. The lowest BCUT2D eigenvalue weighted by Crippen LogP contribution is -2.51. The van der Waals surface area contributed by atoms with Crippen molar-refractivity contribution in [3.05, 3.63) is 29.6 Å². The summed E-state index contributed by atoms with van der Waals surface area (Å²) in [5.74, 6) is -1.73. The number of carbonyl (C=O) groups excluding carboxylic acids is 2. The highest BCUT2D eigenvalue weighted by molar-refractivity contribution is 6.39. The molecule has 0 aromatic heterocycles. The molecular formula is C17H21FN2O3. The van der Waals surface area contributed by atoms with E-state index in [1.54, 1.807) is 17.0 Å². The first-order valence-corrected chi connectivity index (χ1v) is 8.09. The number of rotatable bonds is 2. The molecule has 0 spiro atoms. The molecule has 3 rings (SSSR count). The Labute approximate surface area is 134 Å². The number of fused-ring (bicyclic) bond motifs is 2. The predicted octanol–water partition coefficient (Wildman–Crippen LogP) is 1.84. The predicted molar refractivity (Wildman–Crippen MR) is 83.3 cm³/mol. The molecule has 1 aromatic carbocycles. The van der Waals surface area contributed by atoms with E-state index in [1.807, 2.05) is 6.92 Å². The van der Waals surface area contributed by atoms with Crippen molar-refractivity contribution >= 4 is 17.5 Å². The van der Waals surface area contributed by atoms with Crippen LogP contribution >= 0.6 is 0 Å². The Bertz CT molecular complexity index is 620. The summed E-state index contributed by atoms with van der Waals surface area (Å²) >= 11 is 0. The Morgan fingerprint density at radius 2 is 1.96 bits per heavy atom. The number of amides is 2. The lowest BCUT2D eigenvalue weighted by Gasteiger charge is -2.36. The number of halogens is 1. The van der Waals surface area contributed by atoms with Crippen LogP contribution in [0.4, 0.5) is 10.1 Å². The van der Waals surface area contributed by atoms with Gasteiger partial charge >= 0.3 is 11.8 Å². The number of hydrogen-bond donors (Lipinski definition) is 2. The molecule has 2 aliphatic heterocycles. The van der Waals surface area contributed by atoms with Crippen LogP contribution in [0.2, 0.25) is 0 Å². The van der Waals surface area contributed by atoms with Gasteiger partial charge in [-0.2, -0.15) is 0 Å². The third kappa shape index (κ3) is 3.08. The van der Waals surface area contributed by atoms with E-state index in [4.69, 9.17) is 0 Å². The summed E-state index contributed by atoms with van der Waals surface area (Å²) in [6, 6.07) is 4.30. The molecule has 2 amide bonds. The van der Waals surface area contributed by atoms with Gasteiger partial charge in [0.05, 0.1) is 6.10 Å². The minimum atomic E-state index is -0.748. The van der Waals surface area contributed by atoms with Crippen LogP contribution in [0, 0.1) is 5.82 Å². The number of carbonyl (C=O) groups is 2. The van der Waals surface area contributed by atoms with Gasteiger partial charge in [-0.05, 0) is 49.8 Å². The summed E-state index contributed by atoms with van der Waals surface area (Å²) in [6.45, 7) is 1.85. The molecule has 6 heteroatoms. The molecule has 124 valence electrons. The van der Waals surface area contributed by atoms with E-state index in [0.29, 0.717) is 24.8 Å². The van der Waals surface area contributed by atoms with Crippen molar-refractivity contribution in [2.24, 2.45) is 0 Å². The Hall–Kier alpha value is -1.95. The molecule has 2 N–H and O–H groups in total. The lowest BCUT2D eigenvalue weighted by molar-refractivity contribution is -0.147. The maximum absolute atomic E-state index is 13.8. The minimum Gasteiger partial charge on any atom is -0.393 e.